The Kier molecular flexibility index (Phi) is 5.74. The zero-order valence-electron chi connectivity index (χ0n) is 9.71. The van der Waals surface area contributed by atoms with Crippen LogP contribution in [-0.4, -0.2) is 18.2 Å². The Hall–Kier alpha value is -1.12. The lowest BCUT2D eigenvalue weighted by molar-refractivity contribution is 0.257. The lowest BCUT2D eigenvalue weighted by atomic mass is 10.3. The lowest BCUT2D eigenvalue weighted by Crippen LogP contribution is -2.01. The molecule has 86 valence electrons. The summed E-state index contributed by atoms with van der Waals surface area (Å²) in [6, 6.07) is 1.91. The van der Waals surface area contributed by atoms with Crippen molar-refractivity contribution in [2.75, 3.05) is 13.2 Å². The highest BCUT2D eigenvalue weighted by atomic mass is 16.5. The van der Waals surface area contributed by atoms with E-state index in [1.807, 2.05) is 12.3 Å². The number of aromatic amines is 1. The van der Waals surface area contributed by atoms with E-state index in [-0.39, 0.29) is 0 Å². The molecule has 15 heavy (non-hydrogen) atoms. The summed E-state index contributed by atoms with van der Waals surface area (Å²) in [6.45, 7) is 5.81. The van der Waals surface area contributed by atoms with Gasteiger partial charge in [0.1, 0.15) is 0 Å². The van der Waals surface area contributed by atoms with Crippen molar-refractivity contribution in [3.05, 3.63) is 12.3 Å². The van der Waals surface area contributed by atoms with Crippen LogP contribution in [0.5, 0.6) is 11.6 Å². The summed E-state index contributed by atoms with van der Waals surface area (Å²) in [5.41, 5.74) is 0. The molecule has 0 saturated heterocycles. The van der Waals surface area contributed by atoms with E-state index in [1.54, 1.807) is 0 Å². The number of rotatable bonds is 8. The van der Waals surface area contributed by atoms with Crippen molar-refractivity contribution >= 4 is 0 Å². The van der Waals surface area contributed by atoms with Crippen LogP contribution in [0.1, 0.15) is 39.5 Å². The first kappa shape index (κ1) is 12.0. The van der Waals surface area contributed by atoms with E-state index in [0.717, 1.165) is 50.5 Å². The zero-order valence-corrected chi connectivity index (χ0v) is 9.71. The minimum atomic E-state index is 0.751. The van der Waals surface area contributed by atoms with Gasteiger partial charge in [0.25, 0.3) is 0 Å². The van der Waals surface area contributed by atoms with Gasteiger partial charge in [-0.05, 0) is 12.8 Å². The second-order valence-corrected chi connectivity index (χ2v) is 3.58. The first-order valence-electron chi connectivity index (χ1n) is 5.81. The Balaban J connectivity index is 2.32. The first-order valence-corrected chi connectivity index (χ1v) is 5.81. The van der Waals surface area contributed by atoms with Gasteiger partial charge in [0.15, 0.2) is 5.75 Å². The minimum absolute atomic E-state index is 0.751. The van der Waals surface area contributed by atoms with E-state index in [0.29, 0.717) is 0 Å². The average Bonchev–Trinajstić information content (AvgIpc) is 2.67. The topological polar surface area (TPSA) is 34.2 Å². The molecule has 1 heterocycles. The van der Waals surface area contributed by atoms with Crippen molar-refractivity contribution in [1.29, 1.82) is 0 Å². The average molecular weight is 211 g/mol. The van der Waals surface area contributed by atoms with Gasteiger partial charge in [0.2, 0.25) is 5.88 Å². The molecule has 3 nitrogen and oxygen atoms in total. The quantitative estimate of drug-likeness (QED) is 0.669. The van der Waals surface area contributed by atoms with Crippen LogP contribution in [0.3, 0.4) is 0 Å². The zero-order chi connectivity index (χ0) is 10.9. The molecule has 0 atom stereocenters. The monoisotopic (exact) mass is 211 g/mol. The maximum Gasteiger partial charge on any atom is 0.234 e. The van der Waals surface area contributed by atoms with Crippen molar-refractivity contribution in [2.24, 2.45) is 0 Å². The predicted molar refractivity (Wildman–Crippen MR) is 61.6 cm³/mol. The molecular weight excluding hydrogens is 190 g/mol. The van der Waals surface area contributed by atoms with Crippen molar-refractivity contribution in [1.82, 2.24) is 4.98 Å². The van der Waals surface area contributed by atoms with Gasteiger partial charge in [-0.15, -0.1) is 0 Å². The number of hydrogen-bond donors (Lipinski definition) is 1. The molecule has 3 heteroatoms. The number of H-pyrrole nitrogens is 1. The molecule has 1 rings (SSSR count). The number of hydrogen-bond acceptors (Lipinski definition) is 2. The molecule has 0 spiro atoms. The van der Waals surface area contributed by atoms with Crippen LogP contribution in [-0.2, 0) is 0 Å². The third-order valence-electron chi connectivity index (χ3n) is 2.17. The van der Waals surface area contributed by atoms with Gasteiger partial charge in [0.05, 0.1) is 13.2 Å². The van der Waals surface area contributed by atoms with Crippen molar-refractivity contribution in [3.63, 3.8) is 0 Å². The first-order chi connectivity index (χ1) is 7.38. The summed E-state index contributed by atoms with van der Waals surface area (Å²) < 4.78 is 11.2. The lowest BCUT2D eigenvalue weighted by Gasteiger charge is -2.07. The van der Waals surface area contributed by atoms with Gasteiger partial charge in [-0.1, -0.05) is 26.7 Å². The second-order valence-electron chi connectivity index (χ2n) is 3.58. The van der Waals surface area contributed by atoms with Gasteiger partial charge in [-0.25, -0.2) is 0 Å². The van der Waals surface area contributed by atoms with Crippen LogP contribution < -0.4 is 9.47 Å². The summed E-state index contributed by atoms with van der Waals surface area (Å²) >= 11 is 0. The molecule has 0 amide bonds. The van der Waals surface area contributed by atoms with Crippen LogP contribution in [0.15, 0.2) is 12.3 Å². The molecule has 0 aromatic carbocycles. The summed E-state index contributed by atoms with van der Waals surface area (Å²) in [6.07, 6.45) is 6.30. The highest BCUT2D eigenvalue weighted by Crippen LogP contribution is 2.25. The molecule has 0 aliphatic rings. The van der Waals surface area contributed by atoms with Crippen LogP contribution >= 0.6 is 0 Å². The van der Waals surface area contributed by atoms with Crippen LogP contribution in [0.25, 0.3) is 0 Å². The molecule has 0 fully saturated rings. The molecule has 0 radical (unpaired) electrons. The molecule has 1 aromatic rings. The fourth-order valence-electron chi connectivity index (χ4n) is 1.21. The van der Waals surface area contributed by atoms with Crippen molar-refractivity contribution in [3.8, 4) is 11.6 Å². The number of nitrogens with one attached hydrogen (secondary N) is 1. The summed E-state index contributed by atoms with van der Waals surface area (Å²) in [5.74, 6) is 1.60. The van der Waals surface area contributed by atoms with Gasteiger partial charge < -0.3 is 14.5 Å². The van der Waals surface area contributed by atoms with Gasteiger partial charge >= 0.3 is 0 Å². The van der Waals surface area contributed by atoms with Crippen molar-refractivity contribution < 1.29 is 9.47 Å². The van der Waals surface area contributed by atoms with E-state index >= 15 is 0 Å². The maximum absolute atomic E-state index is 5.59. The Morgan fingerprint density at radius 2 is 1.73 bits per heavy atom. The molecule has 1 N–H and O–H groups in total. The van der Waals surface area contributed by atoms with Crippen LogP contribution in [0, 0.1) is 0 Å². The van der Waals surface area contributed by atoms with E-state index in [4.69, 9.17) is 9.47 Å². The summed E-state index contributed by atoms with van der Waals surface area (Å²) in [4.78, 5) is 3.04. The van der Waals surface area contributed by atoms with Gasteiger partial charge in [-0.2, -0.15) is 0 Å². The summed E-state index contributed by atoms with van der Waals surface area (Å²) in [7, 11) is 0. The third-order valence-corrected chi connectivity index (χ3v) is 2.17. The second kappa shape index (κ2) is 7.21. The largest absolute Gasteiger partial charge is 0.488 e. The van der Waals surface area contributed by atoms with Crippen LogP contribution in [0.4, 0.5) is 0 Å². The Labute approximate surface area is 91.8 Å². The molecule has 0 bridgehead atoms. The molecule has 0 unspecified atom stereocenters. The van der Waals surface area contributed by atoms with Gasteiger partial charge in [-0.3, -0.25) is 0 Å². The standard InChI is InChI=1S/C12H21NO2/c1-3-5-9-14-11-7-8-13-12(11)15-10-6-4-2/h7-8,13H,3-6,9-10H2,1-2H3. The highest BCUT2D eigenvalue weighted by molar-refractivity contribution is 5.33. The number of ether oxygens (including phenoxy) is 2. The smallest absolute Gasteiger partial charge is 0.234 e. The normalized spacial score (nSPS) is 10.3. The van der Waals surface area contributed by atoms with E-state index < -0.39 is 0 Å². The van der Waals surface area contributed by atoms with Crippen molar-refractivity contribution in [2.45, 2.75) is 39.5 Å². The van der Waals surface area contributed by atoms with E-state index in [9.17, 15) is 0 Å². The molecule has 0 aliphatic heterocycles. The predicted octanol–water partition coefficient (Wildman–Crippen LogP) is 3.37. The maximum atomic E-state index is 5.59. The molecular formula is C12H21NO2. The SMILES string of the molecule is CCCCOc1cc[nH]c1OCCCC. The van der Waals surface area contributed by atoms with Gasteiger partial charge in [0, 0.05) is 12.3 Å². The molecule has 1 aromatic heterocycles. The highest BCUT2D eigenvalue weighted by Gasteiger charge is 2.05. The Bertz CT molecular complexity index is 233. The number of unbranched alkanes of at least 4 members (excludes halogenated alkanes) is 2. The van der Waals surface area contributed by atoms with Crippen LogP contribution in [0.2, 0.25) is 0 Å². The molecule has 0 aliphatic carbocycles. The molecule has 0 saturated carbocycles. The Morgan fingerprint density at radius 1 is 1.07 bits per heavy atom. The van der Waals surface area contributed by atoms with E-state index in [2.05, 4.69) is 18.8 Å². The summed E-state index contributed by atoms with van der Waals surface area (Å²) in [5, 5.41) is 0. The fraction of sp³-hybridized carbons (Fsp3) is 0.667. The fourth-order valence-corrected chi connectivity index (χ4v) is 1.21. The minimum Gasteiger partial charge on any atom is -0.488 e. The third kappa shape index (κ3) is 4.28. The number of aromatic nitrogens is 1. The Morgan fingerprint density at radius 3 is 2.40 bits per heavy atom. The van der Waals surface area contributed by atoms with E-state index in [1.165, 1.54) is 0 Å².